The molecule has 180 valence electrons. The Kier molecular flexibility index (Phi) is 6.51. The van der Waals surface area contributed by atoms with E-state index in [-0.39, 0.29) is 23.5 Å². The Morgan fingerprint density at radius 1 is 1.06 bits per heavy atom. The molecule has 0 N–H and O–H groups in total. The minimum absolute atomic E-state index is 0.101. The zero-order valence-electron chi connectivity index (χ0n) is 18.6. The van der Waals surface area contributed by atoms with Gasteiger partial charge >= 0.3 is 0 Å². The Bertz CT molecular complexity index is 1480. The van der Waals surface area contributed by atoms with E-state index in [2.05, 4.69) is 17.8 Å². The Morgan fingerprint density at radius 2 is 1.81 bits per heavy atom. The largest absolute Gasteiger partial charge is 0.298 e. The second-order valence-corrected chi connectivity index (χ2v) is 9.95. The van der Waals surface area contributed by atoms with E-state index in [9.17, 15) is 18.8 Å². The molecule has 5 rings (SSSR count). The SMILES string of the molecule is O=C(c1ccc(F)cc1)c1cccc(C2(c3ccsc3)CC(=O)C(c3ccccc3Cl)C(=O)N2S)n1. The average Bonchev–Trinajstić information content (AvgIpc) is 3.43. The van der Waals surface area contributed by atoms with Gasteiger partial charge in [-0.25, -0.2) is 9.37 Å². The fraction of sp³-hybridized carbons (Fsp3) is 0.111. The highest BCUT2D eigenvalue weighted by atomic mass is 35.5. The molecule has 1 aliphatic rings. The quantitative estimate of drug-likeness (QED) is 0.198. The monoisotopic (exact) mass is 536 g/mol. The van der Waals surface area contributed by atoms with Crippen molar-refractivity contribution in [3.05, 3.63) is 122 Å². The third kappa shape index (κ3) is 4.05. The molecule has 2 atom stereocenters. The highest BCUT2D eigenvalue weighted by molar-refractivity contribution is 7.78. The van der Waals surface area contributed by atoms with Crippen LogP contribution in [0.2, 0.25) is 5.02 Å². The summed E-state index contributed by atoms with van der Waals surface area (Å²) < 4.78 is 14.6. The Labute approximate surface area is 221 Å². The van der Waals surface area contributed by atoms with Gasteiger partial charge < -0.3 is 0 Å². The lowest BCUT2D eigenvalue weighted by atomic mass is 9.74. The first-order chi connectivity index (χ1) is 17.3. The number of pyridine rings is 1. The van der Waals surface area contributed by atoms with Crippen LogP contribution in [-0.4, -0.2) is 26.8 Å². The van der Waals surface area contributed by atoms with Crippen molar-refractivity contribution in [1.29, 1.82) is 0 Å². The number of aromatic nitrogens is 1. The molecule has 1 amide bonds. The van der Waals surface area contributed by atoms with Crippen molar-refractivity contribution in [2.24, 2.45) is 0 Å². The number of thiophene rings is 1. The fourth-order valence-corrected chi connectivity index (χ4v) is 5.88. The van der Waals surface area contributed by atoms with Crippen molar-refractivity contribution in [1.82, 2.24) is 9.29 Å². The lowest BCUT2D eigenvalue weighted by molar-refractivity contribution is -0.142. The van der Waals surface area contributed by atoms with Gasteiger partial charge in [0.2, 0.25) is 11.7 Å². The molecular weight excluding hydrogens is 519 g/mol. The van der Waals surface area contributed by atoms with Crippen LogP contribution in [0.3, 0.4) is 0 Å². The summed E-state index contributed by atoms with van der Waals surface area (Å²) in [4.78, 5) is 45.0. The molecule has 2 aromatic heterocycles. The Balaban J connectivity index is 1.61. The van der Waals surface area contributed by atoms with Crippen molar-refractivity contribution in [3.63, 3.8) is 0 Å². The van der Waals surface area contributed by atoms with Crippen molar-refractivity contribution in [2.45, 2.75) is 17.9 Å². The number of rotatable bonds is 5. The Morgan fingerprint density at radius 3 is 2.50 bits per heavy atom. The molecule has 5 nitrogen and oxygen atoms in total. The number of carbonyl (C=O) groups is 3. The van der Waals surface area contributed by atoms with E-state index in [1.54, 1.807) is 48.5 Å². The molecule has 0 bridgehead atoms. The molecule has 0 radical (unpaired) electrons. The van der Waals surface area contributed by atoms with Gasteiger partial charge in [-0.1, -0.05) is 48.7 Å². The summed E-state index contributed by atoms with van der Waals surface area (Å²) in [6, 6.07) is 18.6. The summed E-state index contributed by atoms with van der Waals surface area (Å²) in [5, 5.41) is 3.98. The van der Waals surface area contributed by atoms with Crippen LogP contribution < -0.4 is 0 Å². The topological polar surface area (TPSA) is 67.3 Å². The molecule has 9 heteroatoms. The molecule has 1 aliphatic heterocycles. The van der Waals surface area contributed by atoms with Gasteiger partial charge in [0.1, 0.15) is 23.0 Å². The van der Waals surface area contributed by atoms with E-state index >= 15 is 0 Å². The maximum absolute atomic E-state index is 13.7. The molecule has 1 saturated heterocycles. The summed E-state index contributed by atoms with van der Waals surface area (Å²) in [7, 11) is 0. The van der Waals surface area contributed by atoms with E-state index in [1.807, 2.05) is 10.8 Å². The normalized spacial score (nSPS) is 20.0. The van der Waals surface area contributed by atoms with Gasteiger partial charge in [-0.2, -0.15) is 11.3 Å². The number of amides is 1. The van der Waals surface area contributed by atoms with Crippen LogP contribution in [-0.2, 0) is 15.1 Å². The first-order valence-corrected chi connectivity index (χ1v) is 12.7. The van der Waals surface area contributed by atoms with Crippen molar-refractivity contribution < 1.29 is 18.8 Å². The van der Waals surface area contributed by atoms with Gasteiger partial charge in [0, 0.05) is 17.0 Å². The maximum atomic E-state index is 13.7. The number of benzene rings is 2. The standard InChI is InChI=1S/C27H18ClFN2O3S2/c28-20-5-2-1-4-19(20)24-22(32)14-27(31(35)26(24)34,17-12-13-36-15-17)23-7-3-6-21(30-23)25(33)16-8-10-18(29)11-9-16/h1-13,15,24,35H,14H2. The first-order valence-electron chi connectivity index (χ1n) is 10.9. The Hall–Kier alpha value is -3.33. The molecule has 1 fully saturated rings. The number of nitrogens with zero attached hydrogens (tertiary/aromatic N) is 2. The summed E-state index contributed by atoms with van der Waals surface area (Å²) in [5.74, 6) is -2.84. The van der Waals surface area contributed by atoms with Crippen LogP contribution in [0.25, 0.3) is 0 Å². The molecule has 4 aromatic rings. The predicted molar refractivity (Wildman–Crippen MR) is 139 cm³/mol. The van der Waals surface area contributed by atoms with E-state index in [1.165, 1.54) is 39.9 Å². The summed E-state index contributed by atoms with van der Waals surface area (Å²) >= 11 is 12.3. The maximum Gasteiger partial charge on any atom is 0.248 e. The zero-order chi connectivity index (χ0) is 25.4. The van der Waals surface area contributed by atoms with Crippen molar-refractivity contribution in [3.8, 4) is 0 Å². The van der Waals surface area contributed by atoms with Gasteiger partial charge in [0.05, 0.1) is 5.69 Å². The number of hydrogen-bond donors (Lipinski definition) is 1. The third-order valence-corrected chi connectivity index (χ3v) is 7.86. The third-order valence-electron chi connectivity index (χ3n) is 6.30. The number of ketones is 2. The first kappa shape index (κ1) is 24.4. The molecule has 0 spiro atoms. The zero-order valence-corrected chi connectivity index (χ0v) is 21.1. The molecular formula is C27H18ClFN2O3S2. The van der Waals surface area contributed by atoms with Gasteiger partial charge in [0.25, 0.3) is 0 Å². The number of carbonyl (C=O) groups excluding carboxylic acids is 3. The lowest BCUT2D eigenvalue weighted by Gasteiger charge is -2.45. The molecule has 0 saturated carbocycles. The van der Waals surface area contributed by atoms with Crippen LogP contribution >= 0.6 is 35.8 Å². The number of halogens is 2. The van der Waals surface area contributed by atoms with Crippen LogP contribution in [0.5, 0.6) is 0 Å². The molecule has 2 unspecified atom stereocenters. The molecule has 2 aromatic carbocycles. The van der Waals surface area contributed by atoms with Gasteiger partial charge in [-0.15, -0.1) is 0 Å². The van der Waals surface area contributed by atoms with Crippen LogP contribution in [0, 0.1) is 5.82 Å². The number of Topliss-reactive ketones (excluding diaryl/α,β-unsaturated/α-hetero) is 1. The van der Waals surface area contributed by atoms with Gasteiger partial charge in [0.15, 0.2) is 5.78 Å². The molecule has 3 heterocycles. The second-order valence-electron chi connectivity index (χ2n) is 8.36. The molecule has 36 heavy (non-hydrogen) atoms. The van der Waals surface area contributed by atoms with E-state index in [4.69, 9.17) is 11.6 Å². The van der Waals surface area contributed by atoms with E-state index in [0.717, 1.165) is 0 Å². The lowest BCUT2D eigenvalue weighted by Crippen LogP contribution is -2.54. The minimum Gasteiger partial charge on any atom is -0.298 e. The smallest absolute Gasteiger partial charge is 0.248 e. The number of piperidine rings is 1. The average molecular weight is 537 g/mol. The fourth-order valence-electron chi connectivity index (χ4n) is 4.50. The van der Waals surface area contributed by atoms with Gasteiger partial charge in [-0.05, 0) is 70.4 Å². The second kappa shape index (κ2) is 9.61. The predicted octanol–water partition coefficient (Wildman–Crippen LogP) is 5.84. The minimum atomic E-state index is -1.34. The summed E-state index contributed by atoms with van der Waals surface area (Å²) in [6.45, 7) is 0. The van der Waals surface area contributed by atoms with Gasteiger partial charge in [-0.3, -0.25) is 18.7 Å². The van der Waals surface area contributed by atoms with Crippen LogP contribution in [0.15, 0.2) is 83.6 Å². The number of thiol groups is 1. The van der Waals surface area contributed by atoms with Crippen molar-refractivity contribution in [2.75, 3.05) is 0 Å². The molecule has 0 aliphatic carbocycles. The highest BCUT2D eigenvalue weighted by Crippen LogP contribution is 2.47. The van der Waals surface area contributed by atoms with E-state index in [0.29, 0.717) is 21.8 Å². The van der Waals surface area contributed by atoms with Crippen molar-refractivity contribution >= 4 is 53.2 Å². The summed E-state index contributed by atoms with van der Waals surface area (Å²) in [5.41, 5.74) is 0.421. The summed E-state index contributed by atoms with van der Waals surface area (Å²) in [6.07, 6.45) is -0.115. The van der Waals surface area contributed by atoms with E-state index < -0.39 is 29.0 Å². The van der Waals surface area contributed by atoms with Crippen LogP contribution in [0.1, 0.15) is 45.2 Å². The van der Waals surface area contributed by atoms with Crippen LogP contribution in [0.4, 0.5) is 4.39 Å². The number of hydrogen-bond acceptors (Lipinski definition) is 6. The highest BCUT2D eigenvalue weighted by Gasteiger charge is 2.53.